The molecule has 10 heteroatoms. The third kappa shape index (κ3) is 5.45. The fourth-order valence-electron chi connectivity index (χ4n) is 2.91. The van der Waals surface area contributed by atoms with E-state index in [1.807, 2.05) is 37.3 Å². The van der Waals surface area contributed by atoms with Crippen molar-refractivity contribution in [2.45, 2.75) is 13.8 Å². The molecule has 0 spiro atoms. The van der Waals surface area contributed by atoms with Gasteiger partial charge in [0.25, 0.3) is 5.91 Å². The predicted molar refractivity (Wildman–Crippen MR) is 124 cm³/mol. The molecule has 2 aromatic heterocycles. The quantitative estimate of drug-likeness (QED) is 0.350. The van der Waals surface area contributed by atoms with E-state index in [1.165, 1.54) is 23.5 Å². The van der Waals surface area contributed by atoms with Crippen LogP contribution in [0.4, 0.5) is 5.00 Å². The summed E-state index contributed by atoms with van der Waals surface area (Å²) in [7, 11) is 0. The van der Waals surface area contributed by atoms with Crippen molar-refractivity contribution >= 4 is 57.4 Å². The zero-order valence-electron chi connectivity index (χ0n) is 17.1. The number of rotatable bonds is 7. The van der Waals surface area contributed by atoms with Crippen LogP contribution >= 0.6 is 34.5 Å². The van der Waals surface area contributed by atoms with Gasteiger partial charge in [-0.1, -0.05) is 53.5 Å². The summed E-state index contributed by atoms with van der Waals surface area (Å²) in [6.07, 6.45) is 0. The minimum atomic E-state index is -0.898. The Morgan fingerprint density at radius 1 is 1.03 bits per heavy atom. The van der Waals surface area contributed by atoms with E-state index in [-0.39, 0.29) is 28.0 Å². The first-order valence-corrected chi connectivity index (χ1v) is 11.0. The lowest BCUT2D eigenvalue weighted by molar-refractivity contribution is -0.119. The number of halogens is 2. The second-order valence-corrected chi connectivity index (χ2v) is 8.43. The molecule has 1 N–H and O–H groups in total. The van der Waals surface area contributed by atoms with Crippen LogP contribution in [0.3, 0.4) is 0 Å². The van der Waals surface area contributed by atoms with Crippen molar-refractivity contribution in [3.05, 3.63) is 68.8 Å². The summed E-state index contributed by atoms with van der Waals surface area (Å²) >= 11 is 12.9. The standard InChI is InChI=1S/C22H18Cl2N2O5S/c1-3-30-21(28)18-17(13-7-5-4-6-8-13)12(2)32-20(18)26-16(27)11-31-22(29)19-14(23)9-10-15(24)25-19/h4-10H,3,11H2,1-2H3,(H,26,27). The summed E-state index contributed by atoms with van der Waals surface area (Å²) in [6.45, 7) is 3.12. The summed E-state index contributed by atoms with van der Waals surface area (Å²) in [5, 5.41) is 3.05. The Morgan fingerprint density at radius 3 is 2.44 bits per heavy atom. The molecule has 0 fully saturated rings. The van der Waals surface area contributed by atoms with E-state index in [2.05, 4.69) is 10.3 Å². The van der Waals surface area contributed by atoms with E-state index in [1.54, 1.807) is 6.92 Å². The van der Waals surface area contributed by atoms with Crippen LogP contribution in [0.15, 0.2) is 42.5 Å². The number of aryl methyl sites for hydroxylation is 1. The number of thiophene rings is 1. The van der Waals surface area contributed by atoms with Crippen molar-refractivity contribution in [1.29, 1.82) is 0 Å². The van der Waals surface area contributed by atoms with Gasteiger partial charge in [0.15, 0.2) is 12.3 Å². The number of ether oxygens (including phenoxy) is 2. The molecule has 3 aromatic rings. The molecule has 32 heavy (non-hydrogen) atoms. The summed E-state index contributed by atoms with van der Waals surface area (Å²) in [5.74, 6) is -2.09. The van der Waals surface area contributed by atoms with Gasteiger partial charge in [0.05, 0.1) is 11.6 Å². The summed E-state index contributed by atoms with van der Waals surface area (Å²) < 4.78 is 10.2. The van der Waals surface area contributed by atoms with E-state index >= 15 is 0 Å². The summed E-state index contributed by atoms with van der Waals surface area (Å²) in [6, 6.07) is 12.1. The van der Waals surface area contributed by atoms with E-state index in [0.717, 1.165) is 10.4 Å². The fourth-order valence-corrected chi connectivity index (χ4v) is 4.32. The number of nitrogens with zero attached hydrogens (tertiary/aromatic N) is 1. The Labute approximate surface area is 198 Å². The smallest absolute Gasteiger partial charge is 0.359 e. The lowest BCUT2D eigenvalue weighted by Gasteiger charge is -2.10. The summed E-state index contributed by atoms with van der Waals surface area (Å²) in [5.41, 5.74) is 1.55. The van der Waals surface area contributed by atoms with Gasteiger partial charge < -0.3 is 14.8 Å². The number of carbonyl (C=O) groups is 3. The first-order chi connectivity index (χ1) is 15.3. The molecule has 1 amide bonds. The molecule has 7 nitrogen and oxygen atoms in total. The zero-order chi connectivity index (χ0) is 23.3. The number of hydrogen-bond donors (Lipinski definition) is 1. The number of nitrogens with one attached hydrogen (secondary N) is 1. The molecule has 0 aliphatic rings. The first kappa shape index (κ1) is 23.7. The van der Waals surface area contributed by atoms with Crippen molar-refractivity contribution in [3.8, 4) is 11.1 Å². The molecule has 0 aliphatic carbocycles. The molecule has 3 rings (SSSR count). The Hall–Kier alpha value is -2.94. The molecule has 2 heterocycles. The second-order valence-electron chi connectivity index (χ2n) is 6.41. The largest absolute Gasteiger partial charge is 0.462 e. The highest BCUT2D eigenvalue weighted by Gasteiger charge is 2.26. The topological polar surface area (TPSA) is 94.6 Å². The van der Waals surface area contributed by atoms with Gasteiger partial charge in [0, 0.05) is 10.4 Å². The maximum Gasteiger partial charge on any atom is 0.359 e. The van der Waals surface area contributed by atoms with Gasteiger partial charge >= 0.3 is 11.9 Å². The van der Waals surface area contributed by atoms with Crippen LogP contribution in [0.25, 0.3) is 11.1 Å². The van der Waals surface area contributed by atoms with Crippen LogP contribution in [0.5, 0.6) is 0 Å². The number of benzene rings is 1. The van der Waals surface area contributed by atoms with Crippen LogP contribution in [0, 0.1) is 6.92 Å². The predicted octanol–water partition coefficient (Wildman–Crippen LogP) is 5.40. The van der Waals surface area contributed by atoms with Gasteiger partial charge in [-0.2, -0.15) is 0 Å². The molecule has 1 aromatic carbocycles. The highest BCUT2D eigenvalue weighted by Crippen LogP contribution is 2.40. The lowest BCUT2D eigenvalue weighted by Crippen LogP contribution is -2.22. The van der Waals surface area contributed by atoms with Crippen molar-refractivity contribution < 1.29 is 23.9 Å². The molecular weight excluding hydrogens is 475 g/mol. The Balaban J connectivity index is 1.80. The van der Waals surface area contributed by atoms with Gasteiger partial charge in [-0.15, -0.1) is 11.3 Å². The number of esters is 2. The molecule has 0 bridgehead atoms. The minimum absolute atomic E-state index is 0.0470. The van der Waals surface area contributed by atoms with Crippen molar-refractivity contribution in [3.63, 3.8) is 0 Å². The second kappa shape index (κ2) is 10.6. The average Bonchev–Trinajstić information content (AvgIpc) is 3.10. The van der Waals surface area contributed by atoms with E-state index < -0.39 is 24.5 Å². The highest BCUT2D eigenvalue weighted by atomic mass is 35.5. The maximum absolute atomic E-state index is 12.7. The zero-order valence-corrected chi connectivity index (χ0v) is 19.4. The van der Waals surface area contributed by atoms with Crippen LogP contribution < -0.4 is 5.32 Å². The molecule has 166 valence electrons. The van der Waals surface area contributed by atoms with Gasteiger partial charge in [-0.25, -0.2) is 14.6 Å². The molecular formula is C22H18Cl2N2O5S. The van der Waals surface area contributed by atoms with E-state index in [4.69, 9.17) is 32.7 Å². The molecule has 0 unspecified atom stereocenters. The molecule has 0 radical (unpaired) electrons. The van der Waals surface area contributed by atoms with Crippen molar-refractivity contribution in [2.24, 2.45) is 0 Å². The Bertz CT molecular complexity index is 1160. The number of carbonyl (C=O) groups excluding carboxylic acids is 3. The first-order valence-electron chi connectivity index (χ1n) is 9.46. The van der Waals surface area contributed by atoms with Crippen LogP contribution in [-0.4, -0.2) is 36.0 Å². The number of anilines is 1. The highest BCUT2D eigenvalue weighted by molar-refractivity contribution is 7.17. The number of aromatic nitrogens is 1. The van der Waals surface area contributed by atoms with Crippen molar-refractivity contribution in [1.82, 2.24) is 4.98 Å². The minimum Gasteiger partial charge on any atom is -0.462 e. The SMILES string of the molecule is CCOC(=O)c1c(NC(=O)COC(=O)c2nc(Cl)ccc2Cl)sc(C)c1-c1ccccc1. The van der Waals surface area contributed by atoms with Gasteiger partial charge in [-0.05, 0) is 31.5 Å². The Kier molecular flexibility index (Phi) is 7.84. The van der Waals surface area contributed by atoms with Gasteiger partial charge in [0.2, 0.25) is 0 Å². The number of hydrogen-bond acceptors (Lipinski definition) is 7. The number of pyridine rings is 1. The molecule has 0 aliphatic heterocycles. The van der Waals surface area contributed by atoms with Crippen LogP contribution in [0.2, 0.25) is 10.2 Å². The maximum atomic E-state index is 12.7. The molecule has 0 saturated heterocycles. The monoisotopic (exact) mass is 492 g/mol. The lowest BCUT2D eigenvalue weighted by atomic mass is 10.0. The fraction of sp³-hybridized carbons (Fsp3) is 0.182. The van der Waals surface area contributed by atoms with Crippen molar-refractivity contribution in [2.75, 3.05) is 18.5 Å². The van der Waals surface area contributed by atoms with Crippen LogP contribution in [0.1, 0.15) is 32.6 Å². The third-order valence-corrected chi connectivity index (χ3v) is 5.76. The average molecular weight is 493 g/mol. The third-order valence-electron chi connectivity index (χ3n) is 4.22. The normalized spacial score (nSPS) is 10.5. The molecule has 0 atom stereocenters. The van der Waals surface area contributed by atoms with Gasteiger partial charge in [-0.3, -0.25) is 4.79 Å². The molecule has 0 saturated carbocycles. The van der Waals surface area contributed by atoms with E-state index in [9.17, 15) is 14.4 Å². The van der Waals surface area contributed by atoms with Gasteiger partial charge in [0.1, 0.15) is 15.7 Å². The van der Waals surface area contributed by atoms with Crippen LogP contribution in [-0.2, 0) is 14.3 Å². The Morgan fingerprint density at radius 2 is 1.75 bits per heavy atom. The number of amides is 1. The summed E-state index contributed by atoms with van der Waals surface area (Å²) in [4.78, 5) is 42.0. The van der Waals surface area contributed by atoms with E-state index in [0.29, 0.717) is 10.6 Å².